The molecule has 2 aliphatic rings. The van der Waals surface area contributed by atoms with Crippen LogP contribution in [0.4, 0.5) is 11.5 Å². The summed E-state index contributed by atoms with van der Waals surface area (Å²) >= 11 is 0. The highest BCUT2D eigenvalue weighted by Crippen LogP contribution is 2.44. The van der Waals surface area contributed by atoms with Crippen molar-refractivity contribution < 1.29 is 0 Å². The second kappa shape index (κ2) is 2.40. The second-order valence-corrected chi connectivity index (χ2v) is 4.01. The smallest absolute Gasteiger partial charge is 0.148 e. The minimum absolute atomic E-state index is 0.605. The fourth-order valence-corrected chi connectivity index (χ4v) is 2.19. The van der Waals surface area contributed by atoms with Crippen LogP contribution < -0.4 is 11.1 Å². The van der Waals surface area contributed by atoms with E-state index in [9.17, 15) is 0 Å². The molecule has 1 unspecified atom stereocenters. The van der Waals surface area contributed by atoms with Crippen LogP contribution in [-0.2, 0) is 0 Å². The Morgan fingerprint density at radius 1 is 1.46 bits per heavy atom. The van der Waals surface area contributed by atoms with Crippen molar-refractivity contribution in [2.75, 3.05) is 17.6 Å². The Balaban J connectivity index is 2.01. The molecule has 0 spiro atoms. The van der Waals surface area contributed by atoms with Gasteiger partial charge < -0.3 is 11.1 Å². The number of nitrogens with two attached hydrogens (primary N) is 1. The van der Waals surface area contributed by atoms with E-state index >= 15 is 0 Å². The van der Waals surface area contributed by atoms with E-state index in [0.717, 1.165) is 24.0 Å². The number of anilines is 2. The van der Waals surface area contributed by atoms with Gasteiger partial charge in [-0.1, -0.05) is 0 Å². The standard InChI is InChI=1S/C9H14N4/c10-7-5-12-13-8(6-1-2-6)3-4-11-9(7)13/h5-6,8,11H,1-4,10H2. The van der Waals surface area contributed by atoms with Crippen LogP contribution in [0.25, 0.3) is 0 Å². The van der Waals surface area contributed by atoms with E-state index in [1.54, 1.807) is 6.20 Å². The van der Waals surface area contributed by atoms with Crippen molar-refractivity contribution in [3.8, 4) is 0 Å². The maximum absolute atomic E-state index is 5.80. The molecule has 0 bridgehead atoms. The van der Waals surface area contributed by atoms with Gasteiger partial charge in [-0.25, -0.2) is 4.68 Å². The molecule has 1 atom stereocenters. The topological polar surface area (TPSA) is 55.9 Å². The van der Waals surface area contributed by atoms with E-state index < -0.39 is 0 Å². The van der Waals surface area contributed by atoms with Crippen LogP contribution in [0.15, 0.2) is 6.20 Å². The molecule has 1 fully saturated rings. The second-order valence-electron chi connectivity index (χ2n) is 4.01. The minimum atomic E-state index is 0.605. The van der Waals surface area contributed by atoms with Crippen LogP contribution in [0, 0.1) is 5.92 Å². The largest absolute Gasteiger partial charge is 0.394 e. The summed E-state index contributed by atoms with van der Waals surface area (Å²) < 4.78 is 2.08. The molecule has 13 heavy (non-hydrogen) atoms. The molecular weight excluding hydrogens is 164 g/mol. The lowest BCUT2D eigenvalue weighted by Crippen LogP contribution is -2.25. The molecule has 1 aliphatic heterocycles. The molecule has 1 aromatic rings. The van der Waals surface area contributed by atoms with E-state index in [1.807, 2.05) is 0 Å². The summed E-state index contributed by atoms with van der Waals surface area (Å²) in [6.45, 7) is 1.04. The van der Waals surface area contributed by atoms with Crippen molar-refractivity contribution in [1.29, 1.82) is 0 Å². The summed E-state index contributed by atoms with van der Waals surface area (Å²) in [5.74, 6) is 1.89. The first-order valence-corrected chi connectivity index (χ1v) is 4.93. The number of rotatable bonds is 1. The molecule has 0 amide bonds. The Kier molecular flexibility index (Phi) is 1.34. The SMILES string of the molecule is Nc1cnn2c1NCCC2C1CC1. The average Bonchev–Trinajstić information content (AvgIpc) is 2.92. The maximum atomic E-state index is 5.80. The highest BCUT2D eigenvalue weighted by atomic mass is 15.4. The molecule has 1 aliphatic carbocycles. The first-order chi connectivity index (χ1) is 6.36. The normalized spacial score (nSPS) is 26.6. The van der Waals surface area contributed by atoms with Gasteiger partial charge in [0, 0.05) is 6.54 Å². The molecule has 0 saturated heterocycles. The minimum Gasteiger partial charge on any atom is -0.394 e. The molecular formula is C9H14N4. The molecule has 0 aromatic carbocycles. The summed E-state index contributed by atoms with van der Waals surface area (Å²) in [5, 5.41) is 7.63. The van der Waals surface area contributed by atoms with Gasteiger partial charge >= 0.3 is 0 Å². The zero-order chi connectivity index (χ0) is 8.84. The van der Waals surface area contributed by atoms with Gasteiger partial charge in [0.2, 0.25) is 0 Å². The fraction of sp³-hybridized carbons (Fsp3) is 0.667. The van der Waals surface area contributed by atoms with E-state index in [-0.39, 0.29) is 0 Å². The van der Waals surface area contributed by atoms with Crippen molar-refractivity contribution in [2.24, 2.45) is 5.92 Å². The van der Waals surface area contributed by atoms with Crippen molar-refractivity contribution in [2.45, 2.75) is 25.3 Å². The van der Waals surface area contributed by atoms with E-state index in [2.05, 4.69) is 15.1 Å². The number of nitrogens with zero attached hydrogens (tertiary/aromatic N) is 2. The van der Waals surface area contributed by atoms with Gasteiger partial charge in [0.25, 0.3) is 0 Å². The molecule has 3 N–H and O–H groups in total. The number of hydrogen-bond donors (Lipinski definition) is 2. The van der Waals surface area contributed by atoms with Gasteiger partial charge in [-0.05, 0) is 25.2 Å². The van der Waals surface area contributed by atoms with Crippen molar-refractivity contribution in [3.63, 3.8) is 0 Å². The highest BCUT2D eigenvalue weighted by Gasteiger charge is 2.35. The number of nitrogens with one attached hydrogen (secondary N) is 1. The van der Waals surface area contributed by atoms with Gasteiger partial charge in [-0.3, -0.25) is 0 Å². The lowest BCUT2D eigenvalue weighted by molar-refractivity contribution is 0.376. The Labute approximate surface area is 77.1 Å². The van der Waals surface area contributed by atoms with Crippen LogP contribution in [0.2, 0.25) is 0 Å². The van der Waals surface area contributed by atoms with Crippen LogP contribution in [0.5, 0.6) is 0 Å². The zero-order valence-electron chi connectivity index (χ0n) is 7.53. The van der Waals surface area contributed by atoms with Crippen LogP contribution in [0.1, 0.15) is 25.3 Å². The molecule has 0 radical (unpaired) electrons. The highest BCUT2D eigenvalue weighted by molar-refractivity contribution is 5.61. The Hall–Kier alpha value is -1.19. The number of aromatic nitrogens is 2. The third kappa shape index (κ3) is 1.01. The van der Waals surface area contributed by atoms with Gasteiger partial charge in [0.1, 0.15) is 5.82 Å². The lowest BCUT2D eigenvalue weighted by Gasteiger charge is -2.25. The summed E-state index contributed by atoms with van der Waals surface area (Å²) in [6.07, 6.45) is 5.68. The predicted octanol–water partition coefficient (Wildman–Crippen LogP) is 1.23. The van der Waals surface area contributed by atoms with Crippen LogP contribution >= 0.6 is 0 Å². The molecule has 2 heterocycles. The molecule has 3 rings (SSSR count). The van der Waals surface area contributed by atoms with Crippen LogP contribution in [-0.4, -0.2) is 16.3 Å². The van der Waals surface area contributed by atoms with Crippen molar-refractivity contribution >= 4 is 11.5 Å². The van der Waals surface area contributed by atoms with Crippen molar-refractivity contribution in [3.05, 3.63) is 6.20 Å². The Bertz CT molecular complexity index is 326. The quantitative estimate of drug-likeness (QED) is 0.680. The van der Waals surface area contributed by atoms with Gasteiger partial charge in [0.05, 0.1) is 17.9 Å². The Morgan fingerprint density at radius 2 is 2.31 bits per heavy atom. The number of nitrogen functional groups attached to an aromatic ring is 1. The molecule has 1 saturated carbocycles. The first-order valence-electron chi connectivity index (χ1n) is 4.93. The van der Waals surface area contributed by atoms with Gasteiger partial charge in [-0.15, -0.1) is 0 Å². The lowest BCUT2D eigenvalue weighted by atomic mass is 10.1. The van der Waals surface area contributed by atoms with Crippen LogP contribution in [0.3, 0.4) is 0 Å². The summed E-state index contributed by atoms with van der Waals surface area (Å²) in [7, 11) is 0. The average molecular weight is 178 g/mol. The van der Waals surface area contributed by atoms with E-state index in [4.69, 9.17) is 5.73 Å². The molecule has 70 valence electrons. The van der Waals surface area contributed by atoms with Crippen molar-refractivity contribution in [1.82, 2.24) is 9.78 Å². The van der Waals surface area contributed by atoms with E-state index in [1.165, 1.54) is 19.3 Å². The summed E-state index contributed by atoms with van der Waals surface area (Å²) in [6, 6.07) is 0.605. The van der Waals surface area contributed by atoms with Gasteiger partial charge in [0.15, 0.2) is 0 Å². The predicted molar refractivity (Wildman–Crippen MR) is 51.5 cm³/mol. The summed E-state index contributed by atoms with van der Waals surface area (Å²) in [5.41, 5.74) is 6.58. The monoisotopic (exact) mass is 178 g/mol. The van der Waals surface area contributed by atoms with Gasteiger partial charge in [-0.2, -0.15) is 5.10 Å². The fourth-order valence-electron chi connectivity index (χ4n) is 2.19. The number of fused-ring (bicyclic) bond motifs is 1. The first kappa shape index (κ1) is 7.24. The Morgan fingerprint density at radius 3 is 3.08 bits per heavy atom. The zero-order valence-corrected chi connectivity index (χ0v) is 7.53. The third-order valence-corrected chi connectivity index (χ3v) is 3.04. The molecule has 4 nitrogen and oxygen atoms in total. The molecule has 4 heteroatoms. The molecule has 1 aromatic heterocycles. The maximum Gasteiger partial charge on any atom is 0.148 e. The summed E-state index contributed by atoms with van der Waals surface area (Å²) in [4.78, 5) is 0. The third-order valence-electron chi connectivity index (χ3n) is 3.04. The number of hydrogen-bond acceptors (Lipinski definition) is 3. The van der Waals surface area contributed by atoms with E-state index in [0.29, 0.717) is 6.04 Å².